The highest BCUT2D eigenvalue weighted by Gasteiger charge is 2.41. The van der Waals surface area contributed by atoms with Gasteiger partial charge < -0.3 is 5.11 Å². The molecule has 0 saturated carbocycles. The molecule has 0 bridgehead atoms. The highest BCUT2D eigenvalue weighted by Crippen LogP contribution is 2.35. The van der Waals surface area contributed by atoms with Crippen molar-refractivity contribution in [3.8, 4) is 0 Å². The Hall–Kier alpha value is -0.870. The van der Waals surface area contributed by atoms with Crippen molar-refractivity contribution in [1.29, 1.82) is 0 Å². The van der Waals surface area contributed by atoms with Crippen molar-refractivity contribution in [1.82, 2.24) is 4.90 Å². The molecule has 2 rings (SSSR count). The number of halogens is 1. The first kappa shape index (κ1) is 15.5. The molecule has 1 heterocycles. The zero-order valence-corrected chi connectivity index (χ0v) is 13.5. The van der Waals surface area contributed by atoms with Gasteiger partial charge in [0.25, 0.3) is 0 Å². The van der Waals surface area contributed by atoms with E-state index >= 15 is 0 Å². The fourth-order valence-corrected chi connectivity index (χ4v) is 3.67. The van der Waals surface area contributed by atoms with Crippen LogP contribution in [-0.4, -0.2) is 29.1 Å². The third-order valence-corrected chi connectivity index (χ3v) is 4.63. The van der Waals surface area contributed by atoms with Crippen molar-refractivity contribution in [2.45, 2.75) is 39.2 Å². The van der Waals surface area contributed by atoms with E-state index in [2.05, 4.69) is 39.9 Å². The topological polar surface area (TPSA) is 40.5 Å². The van der Waals surface area contributed by atoms with Crippen LogP contribution >= 0.6 is 15.9 Å². The first-order chi connectivity index (χ1) is 9.55. The van der Waals surface area contributed by atoms with E-state index < -0.39 is 11.4 Å². The molecule has 0 aliphatic carbocycles. The van der Waals surface area contributed by atoms with Gasteiger partial charge in [-0.3, -0.25) is 9.69 Å². The second-order valence-corrected chi connectivity index (χ2v) is 6.70. The van der Waals surface area contributed by atoms with E-state index in [9.17, 15) is 9.90 Å². The van der Waals surface area contributed by atoms with Crippen molar-refractivity contribution in [3.63, 3.8) is 0 Å². The van der Waals surface area contributed by atoms with Crippen LogP contribution in [-0.2, 0) is 11.3 Å². The molecule has 0 aromatic heterocycles. The largest absolute Gasteiger partial charge is 0.481 e. The molecule has 1 aliphatic heterocycles. The normalized spacial score (nSPS) is 23.7. The first-order valence-corrected chi connectivity index (χ1v) is 8.05. The van der Waals surface area contributed by atoms with E-state index in [4.69, 9.17) is 0 Å². The van der Waals surface area contributed by atoms with E-state index in [-0.39, 0.29) is 0 Å². The Morgan fingerprint density at radius 2 is 2.30 bits per heavy atom. The lowest BCUT2D eigenvalue weighted by Gasteiger charge is -2.40. The summed E-state index contributed by atoms with van der Waals surface area (Å²) in [6, 6.07) is 8.25. The molecule has 1 unspecified atom stereocenters. The van der Waals surface area contributed by atoms with Gasteiger partial charge in [-0.15, -0.1) is 0 Å². The lowest BCUT2D eigenvalue weighted by Crippen LogP contribution is -2.47. The van der Waals surface area contributed by atoms with Crippen LogP contribution in [0.25, 0.3) is 0 Å². The van der Waals surface area contributed by atoms with Crippen molar-refractivity contribution >= 4 is 21.9 Å². The van der Waals surface area contributed by atoms with Crippen LogP contribution < -0.4 is 0 Å². The minimum absolute atomic E-state index is 0.543. The van der Waals surface area contributed by atoms with Gasteiger partial charge in [0.05, 0.1) is 5.41 Å². The Morgan fingerprint density at radius 3 is 2.95 bits per heavy atom. The van der Waals surface area contributed by atoms with Crippen LogP contribution in [0.15, 0.2) is 28.7 Å². The number of piperidine rings is 1. The molecular weight excluding hydrogens is 318 g/mol. The highest BCUT2D eigenvalue weighted by atomic mass is 79.9. The molecule has 1 aliphatic rings. The molecule has 1 fully saturated rings. The number of hydrogen-bond acceptors (Lipinski definition) is 2. The predicted molar refractivity (Wildman–Crippen MR) is 83.6 cm³/mol. The van der Waals surface area contributed by atoms with Gasteiger partial charge in [0, 0.05) is 17.6 Å². The van der Waals surface area contributed by atoms with Gasteiger partial charge in [-0.2, -0.15) is 0 Å². The van der Waals surface area contributed by atoms with Crippen molar-refractivity contribution in [3.05, 3.63) is 34.3 Å². The third-order valence-electron chi connectivity index (χ3n) is 4.13. The van der Waals surface area contributed by atoms with Crippen LogP contribution in [0.5, 0.6) is 0 Å². The SMILES string of the molecule is CCCC1(C(=O)O)CCCN(Cc2cccc(Br)c2)C1. The minimum atomic E-state index is -0.627. The van der Waals surface area contributed by atoms with E-state index in [0.717, 1.165) is 43.2 Å². The predicted octanol–water partition coefficient (Wildman–Crippen LogP) is 3.92. The Balaban J connectivity index is 2.08. The van der Waals surface area contributed by atoms with Crippen molar-refractivity contribution in [2.75, 3.05) is 13.1 Å². The molecular formula is C16H22BrNO2. The molecule has 1 N–H and O–H groups in total. The number of likely N-dealkylation sites (tertiary alicyclic amines) is 1. The molecule has 1 aromatic rings. The third kappa shape index (κ3) is 3.61. The Bertz CT molecular complexity index is 473. The summed E-state index contributed by atoms with van der Waals surface area (Å²) >= 11 is 3.48. The summed E-state index contributed by atoms with van der Waals surface area (Å²) in [7, 11) is 0. The quantitative estimate of drug-likeness (QED) is 0.883. The summed E-state index contributed by atoms with van der Waals surface area (Å²) in [5.74, 6) is -0.627. The van der Waals surface area contributed by atoms with E-state index in [1.165, 1.54) is 5.56 Å². The molecule has 0 amide bonds. The number of hydrogen-bond donors (Lipinski definition) is 1. The second kappa shape index (κ2) is 6.72. The Kier molecular flexibility index (Phi) is 5.22. The summed E-state index contributed by atoms with van der Waals surface area (Å²) in [4.78, 5) is 14.0. The molecule has 3 nitrogen and oxygen atoms in total. The van der Waals surface area contributed by atoms with Gasteiger partial charge in [0.2, 0.25) is 0 Å². The lowest BCUT2D eigenvalue weighted by molar-refractivity contribution is -0.153. The second-order valence-electron chi connectivity index (χ2n) is 5.78. The zero-order chi connectivity index (χ0) is 14.6. The molecule has 1 aromatic carbocycles. The van der Waals surface area contributed by atoms with E-state index in [0.29, 0.717) is 6.54 Å². The van der Waals surface area contributed by atoms with Crippen LogP contribution in [0.2, 0.25) is 0 Å². The van der Waals surface area contributed by atoms with Crippen molar-refractivity contribution < 1.29 is 9.90 Å². The first-order valence-electron chi connectivity index (χ1n) is 7.26. The van der Waals surface area contributed by atoms with Gasteiger partial charge in [-0.1, -0.05) is 41.4 Å². The smallest absolute Gasteiger partial charge is 0.310 e. The molecule has 1 atom stereocenters. The highest BCUT2D eigenvalue weighted by molar-refractivity contribution is 9.10. The van der Waals surface area contributed by atoms with Gasteiger partial charge in [0.1, 0.15) is 0 Å². The van der Waals surface area contributed by atoms with Gasteiger partial charge in [-0.05, 0) is 43.5 Å². The number of carboxylic acids is 1. The summed E-state index contributed by atoms with van der Waals surface area (Å²) in [6.45, 7) is 4.56. The number of carbonyl (C=O) groups is 1. The summed E-state index contributed by atoms with van der Waals surface area (Å²) in [5, 5.41) is 9.61. The van der Waals surface area contributed by atoms with Gasteiger partial charge in [-0.25, -0.2) is 0 Å². The maximum absolute atomic E-state index is 11.7. The van der Waals surface area contributed by atoms with Gasteiger partial charge in [0.15, 0.2) is 0 Å². The minimum Gasteiger partial charge on any atom is -0.481 e. The number of carboxylic acid groups (broad SMARTS) is 1. The average molecular weight is 340 g/mol. The Morgan fingerprint density at radius 1 is 1.50 bits per heavy atom. The maximum atomic E-state index is 11.7. The molecule has 4 heteroatoms. The molecule has 20 heavy (non-hydrogen) atoms. The number of nitrogens with zero attached hydrogens (tertiary/aromatic N) is 1. The summed E-state index contributed by atoms with van der Waals surface area (Å²) in [6.07, 6.45) is 3.49. The summed E-state index contributed by atoms with van der Waals surface area (Å²) < 4.78 is 1.07. The van der Waals surface area contributed by atoms with Gasteiger partial charge >= 0.3 is 5.97 Å². The van der Waals surface area contributed by atoms with Crippen LogP contribution in [0, 0.1) is 5.41 Å². The van der Waals surface area contributed by atoms with E-state index in [1.54, 1.807) is 0 Å². The summed E-state index contributed by atoms with van der Waals surface area (Å²) in [5.41, 5.74) is 0.691. The fourth-order valence-electron chi connectivity index (χ4n) is 3.22. The van der Waals surface area contributed by atoms with E-state index in [1.807, 2.05) is 12.1 Å². The van der Waals surface area contributed by atoms with Crippen LogP contribution in [0.1, 0.15) is 38.2 Å². The standard InChI is InChI=1S/C16H22BrNO2/c1-2-7-16(15(19)20)8-4-9-18(12-16)11-13-5-3-6-14(17)10-13/h3,5-6,10H,2,4,7-9,11-12H2,1H3,(H,19,20). The number of rotatable bonds is 5. The van der Waals surface area contributed by atoms with Crippen molar-refractivity contribution in [2.24, 2.45) is 5.41 Å². The number of benzene rings is 1. The molecule has 0 radical (unpaired) electrons. The Labute approximate surface area is 129 Å². The average Bonchev–Trinajstić information content (AvgIpc) is 2.39. The monoisotopic (exact) mass is 339 g/mol. The molecule has 0 spiro atoms. The van der Waals surface area contributed by atoms with Crippen LogP contribution in [0.4, 0.5) is 0 Å². The molecule has 110 valence electrons. The zero-order valence-electron chi connectivity index (χ0n) is 11.9. The molecule has 1 saturated heterocycles. The van der Waals surface area contributed by atoms with Crippen LogP contribution in [0.3, 0.4) is 0 Å². The fraction of sp³-hybridized carbons (Fsp3) is 0.562. The maximum Gasteiger partial charge on any atom is 0.310 e. The number of aliphatic carboxylic acids is 1. The lowest BCUT2D eigenvalue weighted by atomic mass is 9.76.